The number of aryl methyl sites for hydroxylation is 1. The number of benzene rings is 2. The molecule has 0 spiro atoms. The van der Waals surface area contributed by atoms with Gasteiger partial charge in [-0.15, -0.1) is 0 Å². The van der Waals surface area contributed by atoms with Crippen LogP contribution < -0.4 is 5.14 Å². The molecule has 2 aromatic rings. The quantitative estimate of drug-likeness (QED) is 0.859. The van der Waals surface area contributed by atoms with Crippen molar-refractivity contribution in [2.75, 3.05) is 0 Å². The number of rotatable bonds is 3. The van der Waals surface area contributed by atoms with Gasteiger partial charge in [0.25, 0.3) is 0 Å². The van der Waals surface area contributed by atoms with Gasteiger partial charge < -0.3 is 0 Å². The third-order valence-electron chi connectivity index (χ3n) is 2.66. The van der Waals surface area contributed by atoms with Gasteiger partial charge >= 0.3 is 0 Å². The molecule has 0 bridgehead atoms. The molecule has 0 saturated carbocycles. The van der Waals surface area contributed by atoms with E-state index in [1.54, 1.807) is 36.4 Å². The Kier molecular flexibility index (Phi) is 3.69. The lowest BCUT2D eigenvalue weighted by Crippen LogP contribution is -2.04. The summed E-state index contributed by atoms with van der Waals surface area (Å²) in [5.74, 6) is -0.0515. The second-order valence-corrected chi connectivity index (χ2v) is 5.08. The molecule has 4 heteroatoms. The fourth-order valence-corrected chi connectivity index (χ4v) is 2.02. The highest BCUT2D eigenvalue weighted by Gasteiger charge is 2.09. The second kappa shape index (κ2) is 5.25. The first kappa shape index (κ1) is 12.7. The van der Waals surface area contributed by atoms with Crippen molar-refractivity contribution in [1.29, 1.82) is 0 Å². The second-order valence-electron chi connectivity index (χ2n) is 4.02. The van der Waals surface area contributed by atoms with E-state index >= 15 is 0 Å². The third kappa shape index (κ3) is 2.72. The molecule has 1 unspecified atom stereocenters. The Morgan fingerprint density at radius 3 is 1.83 bits per heavy atom. The highest BCUT2D eigenvalue weighted by molar-refractivity contribution is 7.82. The molecule has 0 aliphatic rings. The molecule has 0 radical (unpaired) electrons. The van der Waals surface area contributed by atoms with E-state index in [0.29, 0.717) is 16.0 Å². The summed E-state index contributed by atoms with van der Waals surface area (Å²) in [5.41, 5.74) is 2.32. The van der Waals surface area contributed by atoms with Crippen LogP contribution in [0.2, 0.25) is 0 Å². The van der Waals surface area contributed by atoms with E-state index < -0.39 is 11.0 Å². The zero-order valence-electron chi connectivity index (χ0n) is 9.92. The molecule has 0 fully saturated rings. The number of carbonyl (C=O) groups excluding carboxylic acids is 1. The van der Waals surface area contributed by atoms with Gasteiger partial charge in [-0.05, 0) is 31.2 Å². The summed E-state index contributed by atoms with van der Waals surface area (Å²) in [6.07, 6.45) is 0. The van der Waals surface area contributed by atoms with Gasteiger partial charge in [0.05, 0.1) is 4.90 Å². The lowest BCUT2D eigenvalue weighted by Gasteiger charge is -2.02. The van der Waals surface area contributed by atoms with Crippen molar-refractivity contribution in [3.63, 3.8) is 0 Å². The topological polar surface area (TPSA) is 60.2 Å². The van der Waals surface area contributed by atoms with Crippen molar-refractivity contribution in [3.05, 3.63) is 65.2 Å². The van der Waals surface area contributed by atoms with Crippen molar-refractivity contribution < 1.29 is 9.00 Å². The summed E-state index contributed by atoms with van der Waals surface area (Å²) >= 11 is 0. The molecule has 2 aromatic carbocycles. The fraction of sp³-hybridized carbons (Fsp3) is 0.0714. The monoisotopic (exact) mass is 259 g/mol. The first-order valence-electron chi connectivity index (χ1n) is 5.45. The van der Waals surface area contributed by atoms with E-state index in [1.807, 2.05) is 19.1 Å². The van der Waals surface area contributed by atoms with Gasteiger partial charge in [-0.3, -0.25) is 4.79 Å². The number of carbonyl (C=O) groups is 1. The molecule has 2 N–H and O–H groups in total. The fourth-order valence-electron chi connectivity index (χ4n) is 1.61. The Bertz CT molecular complexity index is 588. The third-order valence-corrected chi connectivity index (χ3v) is 3.40. The number of ketones is 1. The predicted molar refractivity (Wildman–Crippen MR) is 71.6 cm³/mol. The van der Waals surface area contributed by atoms with Crippen molar-refractivity contribution in [2.45, 2.75) is 11.8 Å². The van der Waals surface area contributed by atoms with Gasteiger partial charge in [-0.25, -0.2) is 9.35 Å². The molecule has 0 aliphatic carbocycles. The molecule has 0 heterocycles. The van der Waals surface area contributed by atoms with E-state index in [0.717, 1.165) is 5.56 Å². The zero-order valence-corrected chi connectivity index (χ0v) is 10.7. The van der Waals surface area contributed by atoms with Gasteiger partial charge in [0.15, 0.2) is 5.78 Å². The van der Waals surface area contributed by atoms with E-state index in [1.165, 1.54) is 0 Å². The largest absolute Gasteiger partial charge is 0.289 e. The van der Waals surface area contributed by atoms with Crippen LogP contribution >= 0.6 is 0 Å². The van der Waals surface area contributed by atoms with Gasteiger partial charge in [-0.1, -0.05) is 29.8 Å². The SMILES string of the molecule is Cc1ccc(C(=O)c2ccc(S(N)=O)cc2)cc1. The number of hydrogen-bond acceptors (Lipinski definition) is 2. The van der Waals surface area contributed by atoms with Crippen LogP contribution in [0.4, 0.5) is 0 Å². The van der Waals surface area contributed by atoms with Gasteiger partial charge in [0.2, 0.25) is 0 Å². The van der Waals surface area contributed by atoms with Crippen LogP contribution in [0, 0.1) is 6.92 Å². The van der Waals surface area contributed by atoms with Gasteiger partial charge in [0, 0.05) is 11.1 Å². The lowest BCUT2D eigenvalue weighted by atomic mass is 10.0. The maximum atomic E-state index is 12.1. The average molecular weight is 259 g/mol. The summed E-state index contributed by atoms with van der Waals surface area (Å²) in [5, 5.41) is 5.25. The van der Waals surface area contributed by atoms with Gasteiger partial charge in [0.1, 0.15) is 11.0 Å². The summed E-state index contributed by atoms with van der Waals surface area (Å²) < 4.78 is 11.0. The first-order valence-corrected chi connectivity index (χ1v) is 6.67. The number of hydrogen-bond donors (Lipinski definition) is 1. The highest BCUT2D eigenvalue weighted by atomic mass is 32.2. The van der Waals surface area contributed by atoms with Crippen LogP contribution in [-0.4, -0.2) is 9.99 Å². The number of nitrogens with two attached hydrogens (primary N) is 1. The molecular formula is C14H13NO2S. The molecule has 92 valence electrons. The van der Waals surface area contributed by atoms with E-state index in [4.69, 9.17) is 5.14 Å². The molecular weight excluding hydrogens is 246 g/mol. The normalized spacial score (nSPS) is 12.1. The molecule has 0 saturated heterocycles. The predicted octanol–water partition coefficient (Wildman–Crippen LogP) is 2.21. The van der Waals surface area contributed by atoms with Crippen LogP contribution in [-0.2, 0) is 11.0 Å². The summed E-state index contributed by atoms with van der Waals surface area (Å²) in [6.45, 7) is 1.97. The Labute approximate surface area is 108 Å². The maximum absolute atomic E-state index is 12.1. The highest BCUT2D eigenvalue weighted by Crippen LogP contribution is 2.13. The zero-order chi connectivity index (χ0) is 13.1. The Morgan fingerprint density at radius 1 is 0.944 bits per heavy atom. The van der Waals surface area contributed by atoms with Crippen LogP contribution in [0.25, 0.3) is 0 Å². The molecule has 2 rings (SSSR count). The Hall–Kier alpha value is -1.78. The minimum atomic E-state index is -1.51. The maximum Gasteiger partial charge on any atom is 0.193 e. The summed E-state index contributed by atoms with van der Waals surface area (Å²) in [4.78, 5) is 12.6. The van der Waals surface area contributed by atoms with E-state index in [-0.39, 0.29) is 5.78 Å². The van der Waals surface area contributed by atoms with Gasteiger partial charge in [-0.2, -0.15) is 0 Å². The molecule has 0 amide bonds. The van der Waals surface area contributed by atoms with Crippen molar-refractivity contribution in [2.24, 2.45) is 5.14 Å². The minimum absolute atomic E-state index is 0.0515. The Balaban J connectivity index is 2.28. The van der Waals surface area contributed by atoms with E-state index in [2.05, 4.69) is 0 Å². The molecule has 3 nitrogen and oxygen atoms in total. The molecule has 1 atom stereocenters. The van der Waals surface area contributed by atoms with Crippen LogP contribution in [0.15, 0.2) is 53.4 Å². The van der Waals surface area contributed by atoms with Crippen LogP contribution in [0.3, 0.4) is 0 Å². The van der Waals surface area contributed by atoms with Crippen LogP contribution in [0.5, 0.6) is 0 Å². The Morgan fingerprint density at radius 2 is 1.39 bits per heavy atom. The van der Waals surface area contributed by atoms with Crippen molar-refractivity contribution in [3.8, 4) is 0 Å². The smallest absolute Gasteiger partial charge is 0.193 e. The van der Waals surface area contributed by atoms with Crippen molar-refractivity contribution >= 4 is 16.8 Å². The average Bonchev–Trinajstić information content (AvgIpc) is 2.39. The first-order chi connectivity index (χ1) is 8.58. The summed E-state index contributed by atoms with van der Waals surface area (Å²) in [6, 6.07) is 13.9. The lowest BCUT2D eigenvalue weighted by molar-refractivity contribution is 0.103. The molecule has 0 aromatic heterocycles. The standard InChI is InChI=1S/C14H13NO2S/c1-10-2-4-11(5-3-10)14(16)12-6-8-13(9-7-12)18(15)17/h2-9H,15H2,1H3. The van der Waals surface area contributed by atoms with E-state index in [9.17, 15) is 9.00 Å². The van der Waals surface area contributed by atoms with Crippen LogP contribution in [0.1, 0.15) is 21.5 Å². The molecule has 0 aliphatic heterocycles. The minimum Gasteiger partial charge on any atom is -0.289 e. The molecule has 18 heavy (non-hydrogen) atoms. The summed E-state index contributed by atoms with van der Waals surface area (Å²) in [7, 11) is -1.51. The van der Waals surface area contributed by atoms with Crippen molar-refractivity contribution in [1.82, 2.24) is 0 Å².